The molecule has 2 aliphatic rings. The summed E-state index contributed by atoms with van der Waals surface area (Å²) in [6.45, 7) is 1.11. The van der Waals surface area contributed by atoms with E-state index in [1.807, 2.05) is 65.6 Å². The number of amides is 3. The van der Waals surface area contributed by atoms with Gasteiger partial charge in [-0.1, -0.05) is 48.5 Å². The van der Waals surface area contributed by atoms with E-state index in [-0.39, 0.29) is 35.0 Å². The fraction of sp³-hybridized carbons (Fsp3) is 0.214. The van der Waals surface area contributed by atoms with Gasteiger partial charge in [0.15, 0.2) is 0 Å². The Bertz CT molecular complexity index is 1370. The molecule has 194 valence electrons. The molecule has 3 amide bonds. The van der Waals surface area contributed by atoms with E-state index in [0.717, 1.165) is 11.3 Å². The maximum absolute atomic E-state index is 13.4. The lowest BCUT2D eigenvalue weighted by molar-refractivity contribution is -0.129. The van der Waals surface area contributed by atoms with Gasteiger partial charge in [0.1, 0.15) is 0 Å². The number of nitrogens with zero attached hydrogens (tertiary/aromatic N) is 3. The molecule has 0 aromatic heterocycles. The van der Waals surface area contributed by atoms with Gasteiger partial charge >= 0.3 is 0 Å². The van der Waals surface area contributed by atoms with Crippen LogP contribution in [0.4, 0.5) is 16.2 Å². The molecule has 2 aliphatic heterocycles. The van der Waals surface area contributed by atoms with Crippen molar-refractivity contribution >= 4 is 45.3 Å². The summed E-state index contributed by atoms with van der Waals surface area (Å²) in [5.41, 5.74) is 8.61. The number of carbonyl (C=O) groups is 4. The molecule has 0 spiro atoms. The van der Waals surface area contributed by atoms with Crippen molar-refractivity contribution in [1.82, 2.24) is 9.80 Å². The minimum atomic E-state index is -0.968. The molecule has 10 heteroatoms. The Morgan fingerprint density at radius 1 is 0.974 bits per heavy atom. The molecule has 0 radical (unpaired) electrons. The molecule has 0 saturated carbocycles. The Hall–Kier alpha value is -4.15. The van der Waals surface area contributed by atoms with Crippen molar-refractivity contribution in [3.05, 3.63) is 95.6 Å². The van der Waals surface area contributed by atoms with Crippen LogP contribution in [-0.2, 0) is 16.1 Å². The summed E-state index contributed by atoms with van der Waals surface area (Å²) in [6.07, 6.45) is -0.523. The van der Waals surface area contributed by atoms with Gasteiger partial charge in [0.2, 0.25) is 17.3 Å². The van der Waals surface area contributed by atoms with Gasteiger partial charge in [0, 0.05) is 36.1 Å². The normalized spacial score (nSPS) is 17.2. The molecule has 0 aliphatic carbocycles. The van der Waals surface area contributed by atoms with E-state index in [9.17, 15) is 19.2 Å². The molecule has 1 unspecified atom stereocenters. The van der Waals surface area contributed by atoms with E-state index in [2.05, 4.69) is 0 Å². The van der Waals surface area contributed by atoms with Gasteiger partial charge in [-0.15, -0.1) is 0 Å². The number of hydrogen-bond acceptors (Lipinski definition) is 7. The van der Waals surface area contributed by atoms with Crippen LogP contribution in [0.2, 0.25) is 0 Å². The summed E-state index contributed by atoms with van der Waals surface area (Å²) < 4.78 is 5.85. The van der Waals surface area contributed by atoms with Gasteiger partial charge in [0.25, 0.3) is 11.1 Å². The number of fused-ring (bicyclic) bond motifs is 1. The Labute approximate surface area is 224 Å². The number of para-hydroxylation sites is 1. The van der Waals surface area contributed by atoms with Crippen LogP contribution in [0.1, 0.15) is 32.7 Å². The predicted molar refractivity (Wildman–Crippen MR) is 144 cm³/mol. The number of carbonyl (C=O) groups excluding carboxylic acids is 4. The average Bonchev–Trinajstić information content (AvgIpc) is 3.20. The highest BCUT2D eigenvalue weighted by Crippen LogP contribution is 2.34. The van der Waals surface area contributed by atoms with Crippen LogP contribution in [0.5, 0.6) is 0 Å². The molecular formula is C28H26N4O5S. The predicted octanol–water partition coefficient (Wildman–Crippen LogP) is 3.97. The molecule has 9 nitrogen and oxygen atoms in total. The van der Waals surface area contributed by atoms with E-state index in [4.69, 9.17) is 10.5 Å². The fourth-order valence-corrected chi connectivity index (χ4v) is 5.28. The highest BCUT2D eigenvalue weighted by atomic mass is 32.2. The lowest BCUT2D eigenvalue weighted by atomic mass is 10.0. The van der Waals surface area contributed by atoms with Crippen molar-refractivity contribution in [3.8, 4) is 0 Å². The van der Waals surface area contributed by atoms with E-state index in [0.29, 0.717) is 42.6 Å². The third-order valence-electron chi connectivity index (χ3n) is 6.42. The highest BCUT2D eigenvalue weighted by Gasteiger charge is 2.40. The number of primary amides is 1. The van der Waals surface area contributed by atoms with Gasteiger partial charge in [-0.2, -0.15) is 0 Å². The summed E-state index contributed by atoms with van der Waals surface area (Å²) >= 11 is 0.650. The van der Waals surface area contributed by atoms with Crippen LogP contribution in [0.3, 0.4) is 0 Å². The monoisotopic (exact) mass is 530 g/mol. The third kappa shape index (κ3) is 5.27. The second-order valence-corrected chi connectivity index (χ2v) is 9.90. The lowest BCUT2D eigenvalue weighted by Gasteiger charge is -2.38. The SMILES string of the molecule is NC(=O)c1ccc2c(c1)C(=O)N(CCCOC1C(=O)SC(=O)N1Cc1ccccc1)CN2c1ccccc1. The molecule has 1 saturated heterocycles. The van der Waals surface area contributed by atoms with Crippen molar-refractivity contribution < 1.29 is 23.9 Å². The van der Waals surface area contributed by atoms with Crippen molar-refractivity contribution in [2.24, 2.45) is 5.73 Å². The van der Waals surface area contributed by atoms with Crippen LogP contribution in [0.15, 0.2) is 78.9 Å². The van der Waals surface area contributed by atoms with Crippen molar-refractivity contribution in [2.75, 3.05) is 24.7 Å². The molecule has 2 N–H and O–H groups in total. The summed E-state index contributed by atoms with van der Waals surface area (Å²) in [4.78, 5) is 55.0. The zero-order valence-electron chi connectivity index (χ0n) is 20.5. The first-order valence-corrected chi connectivity index (χ1v) is 13.0. The van der Waals surface area contributed by atoms with Gasteiger partial charge in [-0.25, -0.2) is 0 Å². The van der Waals surface area contributed by atoms with E-state index in [1.165, 1.54) is 11.0 Å². The summed E-state index contributed by atoms with van der Waals surface area (Å²) in [6, 6.07) is 23.9. The summed E-state index contributed by atoms with van der Waals surface area (Å²) in [5.74, 6) is -0.824. The number of anilines is 2. The Kier molecular flexibility index (Phi) is 7.43. The molecular weight excluding hydrogens is 504 g/mol. The Balaban J connectivity index is 1.27. The number of ether oxygens (including phenoxy) is 1. The highest BCUT2D eigenvalue weighted by molar-refractivity contribution is 8.26. The summed E-state index contributed by atoms with van der Waals surface area (Å²) in [5, 5.41) is -0.682. The molecule has 38 heavy (non-hydrogen) atoms. The maximum atomic E-state index is 13.4. The van der Waals surface area contributed by atoms with Gasteiger partial charge < -0.3 is 20.3 Å². The van der Waals surface area contributed by atoms with Crippen LogP contribution in [0.25, 0.3) is 0 Å². The molecule has 3 aromatic rings. The Morgan fingerprint density at radius 3 is 2.39 bits per heavy atom. The minimum absolute atomic E-state index is 0.179. The van der Waals surface area contributed by atoms with Crippen LogP contribution >= 0.6 is 11.8 Å². The van der Waals surface area contributed by atoms with Crippen molar-refractivity contribution in [2.45, 2.75) is 19.2 Å². The van der Waals surface area contributed by atoms with E-state index < -0.39 is 12.1 Å². The Morgan fingerprint density at radius 2 is 1.68 bits per heavy atom. The molecule has 0 bridgehead atoms. The number of rotatable bonds is 9. The topological polar surface area (TPSA) is 113 Å². The fourth-order valence-electron chi connectivity index (χ4n) is 4.53. The molecule has 1 fully saturated rings. The second-order valence-electron chi connectivity index (χ2n) is 8.95. The van der Waals surface area contributed by atoms with E-state index in [1.54, 1.807) is 17.0 Å². The van der Waals surface area contributed by atoms with Crippen LogP contribution in [0, 0.1) is 0 Å². The summed E-state index contributed by atoms with van der Waals surface area (Å²) in [7, 11) is 0. The molecule has 2 heterocycles. The number of hydrogen-bond donors (Lipinski definition) is 1. The first kappa shape index (κ1) is 25.5. The first-order valence-electron chi connectivity index (χ1n) is 12.2. The number of benzene rings is 3. The quantitative estimate of drug-likeness (QED) is 0.417. The number of thioether (sulfide) groups is 1. The largest absolute Gasteiger partial charge is 0.366 e. The zero-order chi connectivity index (χ0) is 26.6. The standard InChI is InChI=1S/C28H26N4O5S/c29-24(33)20-12-13-23-22(16-20)25(34)30(18-32(23)21-10-5-2-6-11-21)14-7-15-37-26-27(35)38-28(36)31(26)17-19-8-3-1-4-9-19/h1-6,8-13,16,26H,7,14-15,17-18H2,(H2,29,33). The van der Waals surface area contributed by atoms with Gasteiger partial charge in [-0.3, -0.25) is 24.1 Å². The van der Waals surface area contributed by atoms with E-state index >= 15 is 0 Å². The van der Waals surface area contributed by atoms with Crippen LogP contribution in [-0.4, -0.2) is 58.0 Å². The smallest absolute Gasteiger partial charge is 0.292 e. The van der Waals surface area contributed by atoms with Crippen molar-refractivity contribution in [3.63, 3.8) is 0 Å². The van der Waals surface area contributed by atoms with Gasteiger partial charge in [-0.05, 0) is 42.3 Å². The average molecular weight is 531 g/mol. The maximum Gasteiger partial charge on any atom is 0.292 e. The van der Waals surface area contributed by atoms with Gasteiger partial charge in [0.05, 0.1) is 24.5 Å². The molecule has 3 aromatic carbocycles. The molecule has 5 rings (SSSR count). The molecule has 1 atom stereocenters. The minimum Gasteiger partial charge on any atom is -0.366 e. The van der Waals surface area contributed by atoms with Crippen LogP contribution < -0.4 is 10.6 Å². The second kappa shape index (κ2) is 11.1. The lowest BCUT2D eigenvalue weighted by Crippen LogP contribution is -2.45. The third-order valence-corrected chi connectivity index (χ3v) is 7.23. The zero-order valence-corrected chi connectivity index (χ0v) is 21.3. The first-order chi connectivity index (χ1) is 18.4. The number of nitrogens with two attached hydrogens (primary N) is 1. The van der Waals surface area contributed by atoms with Crippen molar-refractivity contribution in [1.29, 1.82) is 0 Å².